The first-order valence-electron chi connectivity index (χ1n) is 6.23. The summed E-state index contributed by atoms with van der Waals surface area (Å²) in [5.74, 6) is 0.833. The van der Waals surface area contributed by atoms with Crippen molar-refractivity contribution in [1.29, 1.82) is 0 Å². The monoisotopic (exact) mass is 293 g/mol. The molecule has 2 rings (SSSR count). The standard InChI is InChI=1S/C14H19N3S2/c1-8-5-9(2)13(10(3)6-8)12(15)7-18-14-17-16-11(4)19-14/h5-6,12H,7,15H2,1-4H3. The number of nitrogens with zero attached hydrogens (tertiary/aromatic N) is 2. The van der Waals surface area contributed by atoms with Crippen LogP contribution in [0.3, 0.4) is 0 Å². The van der Waals surface area contributed by atoms with Crippen LogP contribution in [0.5, 0.6) is 0 Å². The van der Waals surface area contributed by atoms with E-state index >= 15 is 0 Å². The summed E-state index contributed by atoms with van der Waals surface area (Å²) in [6.45, 7) is 8.36. The molecule has 2 N–H and O–H groups in total. The van der Waals surface area contributed by atoms with Gasteiger partial charge in [-0.2, -0.15) is 0 Å². The van der Waals surface area contributed by atoms with Crippen LogP contribution in [0.4, 0.5) is 0 Å². The lowest BCUT2D eigenvalue weighted by molar-refractivity contribution is 0.812. The fourth-order valence-electron chi connectivity index (χ4n) is 2.36. The third kappa shape index (κ3) is 3.55. The molecule has 102 valence electrons. The number of benzene rings is 1. The number of nitrogens with two attached hydrogens (primary N) is 1. The zero-order chi connectivity index (χ0) is 14.0. The Hall–Kier alpha value is -0.910. The molecule has 0 fully saturated rings. The molecule has 0 aliphatic heterocycles. The number of aryl methyl sites for hydroxylation is 4. The van der Waals surface area contributed by atoms with Crippen molar-refractivity contribution in [2.45, 2.75) is 38.1 Å². The van der Waals surface area contributed by atoms with Crippen LogP contribution >= 0.6 is 23.1 Å². The van der Waals surface area contributed by atoms with Gasteiger partial charge in [-0.25, -0.2) is 0 Å². The van der Waals surface area contributed by atoms with Gasteiger partial charge in [0.25, 0.3) is 0 Å². The number of rotatable bonds is 4. The van der Waals surface area contributed by atoms with Gasteiger partial charge in [-0.05, 0) is 44.4 Å². The fraction of sp³-hybridized carbons (Fsp3) is 0.429. The molecule has 0 amide bonds. The second kappa shape index (κ2) is 6.03. The van der Waals surface area contributed by atoms with Gasteiger partial charge in [0, 0.05) is 11.8 Å². The van der Waals surface area contributed by atoms with Crippen molar-refractivity contribution in [2.75, 3.05) is 5.75 Å². The van der Waals surface area contributed by atoms with E-state index in [0.717, 1.165) is 15.1 Å². The lowest BCUT2D eigenvalue weighted by atomic mass is 9.95. The van der Waals surface area contributed by atoms with E-state index in [9.17, 15) is 0 Å². The first-order valence-corrected chi connectivity index (χ1v) is 8.04. The molecule has 0 bridgehead atoms. The van der Waals surface area contributed by atoms with Crippen LogP contribution < -0.4 is 5.73 Å². The molecular weight excluding hydrogens is 274 g/mol. The van der Waals surface area contributed by atoms with Crippen LogP contribution in [-0.4, -0.2) is 16.0 Å². The third-order valence-electron chi connectivity index (χ3n) is 3.00. The molecule has 1 unspecified atom stereocenters. The summed E-state index contributed by atoms with van der Waals surface area (Å²) >= 11 is 3.31. The molecule has 0 radical (unpaired) electrons. The SMILES string of the molecule is Cc1cc(C)c(C(N)CSc2nnc(C)s2)c(C)c1. The molecule has 0 aliphatic carbocycles. The minimum Gasteiger partial charge on any atom is -0.323 e. The molecule has 1 atom stereocenters. The molecule has 19 heavy (non-hydrogen) atoms. The van der Waals surface area contributed by atoms with E-state index < -0.39 is 0 Å². The van der Waals surface area contributed by atoms with Gasteiger partial charge >= 0.3 is 0 Å². The Morgan fingerprint density at radius 3 is 2.32 bits per heavy atom. The van der Waals surface area contributed by atoms with Crippen molar-refractivity contribution in [2.24, 2.45) is 5.73 Å². The first kappa shape index (κ1) is 14.5. The van der Waals surface area contributed by atoms with Gasteiger partial charge in [-0.3, -0.25) is 0 Å². The lowest BCUT2D eigenvalue weighted by Crippen LogP contribution is -2.16. The molecule has 3 nitrogen and oxygen atoms in total. The Bertz CT molecular complexity index is 555. The van der Waals surface area contributed by atoms with Crippen molar-refractivity contribution < 1.29 is 0 Å². The van der Waals surface area contributed by atoms with Gasteiger partial charge in [0.1, 0.15) is 5.01 Å². The maximum atomic E-state index is 6.34. The maximum Gasteiger partial charge on any atom is 0.174 e. The minimum absolute atomic E-state index is 0.0369. The van der Waals surface area contributed by atoms with Crippen molar-refractivity contribution >= 4 is 23.1 Å². The summed E-state index contributed by atoms with van der Waals surface area (Å²) < 4.78 is 0.996. The predicted molar refractivity (Wildman–Crippen MR) is 83.0 cm³/mol. The lowest BCUT2D eigenvalue weighted by Gasteiger charge is -2.17. The van der Waals surface area contributed by atoms with Gasteiger partial charge in [-0.1, -0.05) is 40.8 Å². The van der Waals surface area contributed by atoms with Gasteiger partial charge < -0.3 is 5.73 Å². The van der Waals surface area contributed by atoms with Gasteiger partial charge in [0.05, 0.1) is 0 Å². The van der Waals surface area contributed by atoms with E-state index in [0.29, 0.717) is 0 Å². The second-order valence-corrected chi connectivity index (χ2v) is 7.27. The Kier molecular flexibility index (Phi) is 4.60. The summed E-state index contributed by atoms with van der Waals surface area (Å²) in [7, 11) is 0. The average Bonchev–Trinajstić information content (AvgIpc) is 2.71. The number of aromatic nitrogens is 2. The quantitative estimate of drug-likeness (QED) is 0.876. The van der Waals surface area contributed by atoms with E-state index in [1.165, 1.54) is 22.3 Å². The highest BCUT2D eigenvalue weighted by Crippen LogP contribution is 2.29. The maximum absolute atomic E-state index is 6.34. The van der Waals surface area contributed by atoms with Crippen molar-refractivity contribution in [3.8, 4) is 0 Å². The van der Waals surface area contributed by atoms with Crippen LogP contribution in [0, 0.1) is 27.7 Å². The summed E-state index contributed by atoms with van der Waals surface area (Å²) in [6, 6.07) is 4.43. The molecule has 1 heterocycles. The number of thioether (sulfide) groups is 1. The van der Waals surface area contributed by atoms with Gasteiger partial charge in [0.2, 0.25) is 0 Å². The molecule has 0 aliphatic rings. The molecule has 0 saturated heterocycles. The van der Waals surface area contributed by atoms with Crippen molar-refractivity contribution in [3.63, 3.8) is 0 Å². The van der Waals surface area contributed by atoms with E-state index in [4.69, 9.17) is 5.73 Å². The van der Waals surface area contributed by atoms with Crippen molar-refractivity contribution in [3.05, 3.63) is 39.4 Å². The molecule has 2 aromatic rings. The van der Waals surface area contributed by atoms with E-state index in [1.807, 2.05) is 6.92 Å². The van der Waals surface area contributed by atoms with Crippen LogP contribution in [0.1, 0.15) is 33.3 Å². The smallest absolute Gasteiger partial charge is 0.174 e. The van der Waals surface area contributed by atoms with Gasteiger partial charge in [-0.15, -0.1) is 10.2 Å². The average molecular weight is 293 g/mol. The molecule has 1 aromatic heterocycles. The second-order valence-electron chi connectivity index (χ2n) is 4.82. The summed E-state index contributed by atoms with van der Waals surface area (Å²) in [4.78, 5) is 0. The van der Waals surface area contributed by atoms with Crippen LogP contribution in [0.2, 0.25) is 0 Å². The Morgan fingerprint density at radius 2 is 1.79 bits per heavy atom. The van der Waals surface area contributed by atoms with Crippen LogP contribution in [-0.2, 0) is 0 Å². The number of hydrogen-bond acceptors (Lipinski definition) is 5. The largest absolute Gasteiger partial charge is 0.323 e. The normalized spacial score (nSPS) is 12.7. The molecular formula is C14H19N3S2. The summed E-state index contributed by atoms with van der Waals surface area (Å²) in [6.07, 6.45) is 0. The zero-order valence-electron chi connectivity index (χ0n) is 11.7. The minimum atomic E-state index is 0.0369. The first-order chi connectivity index (χ1) is 8.97. The van der Waals surface area contributed by atoms with Crippen molar-refractivity contribution in [1.82, 2.24) is 10.2 Å². The molecule has 0 spiro atoms. The Labute approximate surface area is 122 Å². The fourth-order valence-corrected chi connectivity index (χ4v) is 4.16. The predicted octanol–water partition coefficient (Wildman–Crippen LogP) is 3.56. The zero-order valence-corrected chi connectivity index (χ0v) is 13.4. The van der Waals surface area contributed by atoms with Gasteiger partial charge in [0.15, 0.2) is 4.34 Å². The van der Waals surface area contributed by atoms with E-state index in [-0.39, 0.29) is 6.04 Å². The Balaban J connectivity index is 2.10. The molecule has 5 heteroatoms. The third-order valence-corrected chi connectivity index (χ3v) is 5.09. The summed E-state index contributed by atoms with van der Waals surface area (Å²) in [5, 5.41) is 9.14. The Morgan fingerprint density at radius 1 is 1.16 bits per heavy atom. The highest BCUT2D eigenvalue weighted by molar-refractivity contribution is 8.01. The summed E-state index contributed by atoms with van der Waals surface area (Å²) in [5.41, 5.74) is 11.4. The highest BCUT2D eigenvalue weighted by atomic mass is 32.2. The van der Waals surface area contributed by atoms with E-state index in [2.05, 4.69) is 43.1 Å². The van der Waals surface area contributed by atoms with Crippen LogP contribution in [0.15, 0.2) is 16.5 Å². The molecule has 0 saturated carbocycles. The highest BCUT2D eigenvalue weighted by Gasteiger charge is 2.14. The topological polar surface area (TPSA) is 51.8 Å². The van der Waals surface area contributed by atoms with Crippen LogP contribution in [0.25, 0.3) is 0 Å². The number of hydrogen-bond donors (Lipinski definition) is 1. The van der Waals surface area contributed by atoms with E-state index in [1.54, 1.807) is 23.1 Å². The molecule has 1 aromatic carbocycles.